The Morgan fingerprint density at radius 3 is 3.26 bits per heavy atom. The zero-order valence-corrected chi connectivity index (χ0v) is 10.6. The number of carbonyl (C=O) groups is 1. The van der Waals surface area contributed by atoms with Crippen LogP contribution in [-0.4, -0.2) is 28.8 Å². The zero-order valence-electron chi connectivity index (χ0n) is 10.6. The van der Waals surface area contributed by atoms with Crippen molar-refractivity contribution in [1.82, 2.24) is 15.1 Å². The number of benzene rings is 1. The number of fused-ring (bicyclic) bond motifs is 1. The van der Waals surface area contributed by atoms with Crippen molar-refractivity contribution >= 4 is 11.6 Å². The van der Waals surface area contributed by atoms with E-state index in [2.05, 4.69) is 15.7 Å². The van der Waals surface area contributed by atoms with Gasteiger partial charge in [0.1, 0.15) is 0 Å². The fraction of sp³-hybridized carbons (Fsp3) is 0.286. The van der Waals surface area contributed by atoms with Crippen molar-refractivity contribution in [3.05, 3.63) is 47.8 Å². The molecule has 98 valence electrons. The van der Waals surface area contributed by atoms with Crippen molar-refractivity contribution in [2.45, 2.75) is 13.0 Å². The number of hydrogen-bond acceptors (Lipinski definition) is 3. The van der Waals surface area contributed by atoms with Crippen molar-refractivity contribution in [2.75, 3.05) is 18.4 Å². The highest BCUT2D eigenvalue weighted by Crippen LogP contribution is 2.22. The van der Waals surface area contributed by atoms with E-state index in [0.717, 1.165) is 18.7 Å². The van der Waals surface area contributed by atoms with Crippen molar-refractivity contribution in [2.24, 2.45) is 0 Å². The van der Waals surface area contributed by atoms with Crippen LogP contribution in [0.15, 0.2) is 36.7 Å². The Kier molecular flexibility index (Phi) is 3.18. The quantitative estimate of drug-likeness (QED) is 0.866. The standard InChI is InChI=1S/C14H16N4O/c19-14(16-7-9-18-8-1-5-17-18)12-3-2-11-4-6-15-13(11)10-12/h1-3,5,8,10,15H,4,6-7,9H2,(H,16,19). The molecule has 0 aliphatic carbocycles. The third kappa shape index (κ3) is 2.59. The van der Waals surface area contributed by atoms with Crippen LogP contribution in [0.2, 0.25) is 0 Å². The van der Waals surface area contributed by atoms with E-state index in [9.17, 15) is 4.79 Å². The van der Waals surface area contributed by atoms with Crippen molar-refractivity contribution in [3.63, 3.8) is 0 Å². The van der Waals surface area contributed by atoms with Crippen LogP contribution in [0.4, 0.5) is 5.69 Å². The summed E-state index contributed by atoms with van der Waals surface area (Å²) in [6.45, 7) is 2.21. The first-order valence-corrected chi connectivity index (χ1v) is 6.45. The van der Waals surface area contributed by atoms with Crippen molar-refractivity contribution in [3.8, 4) is 0 Å². The fourth-order valence-corrected chi connectivity index (χ4v) is 2.25. The molecule has 1 aromatic heterocycles. The maximum Gasteiger partial charge on any atom is 0.251 e. The Morgan fingerprint density at radius 2 is 2.42 bits per heavy atom. The van der Waals surface area contributed by atoms with Gasteiger partial charge in [0.15, 0.2) is 0 Å². The molecule has 0 saturated heterocycles. The van der Waals surface area contributed by atoms with Gasteiger partial charge < -0.3 is 10.6 Å². The molecule has 0 saturated carbocycles. The van der Waals surface area contributed by atoms with E-state index < -0.39 is 0 Å². The van der Waals surface area contributed by atoms with Gasteiger partial charge in [-0.3, -0.25) is 9.48 Å². The Labute approximate surface area is 111 Å². The van der Waals surface area contributed by atoms with Crippen LogP contribution in [0.25, 0.3) is 0 Å². The van der Waals surface area contributed by atoms with Crippen LogP contribution < -0.4 is 10.6 Å². The Morgan fingerprint density at radius 1 is 1.47 bits per heavy atom. The maximum absolute atomic E-state index is 12.0. The molecule has 2 aromatic rings. The molecule has 0 bridgehead atoms. The first-order valence-electron chi connectivity index (χ1n) is 6.45. The third-order valence-corrected chi connectivity index (χ3v) is 3.27. The summed E-state index contributed by atoms with van der Waals surface area (Å²) in [5.41, 5.74) is 3.07. The molecule has 0 unspecified atom stereocenters. The number of amides is 1. The van der Waals surface area contributed by atoms with Crippen LogP contribution in [0.1, 0.15) is 15.9 Å². The molecular formula is C14H16N4O. The highest BCUT2D eigenvalue weighted by Gasteiger charge is 2.12. The van der Waals surface area contributed by atoms with Gasteiger partial charge in [-0.05, 0) is 30.2 Å². The van der Waals surface area contributed by atoms with Gasteiger partial charge in [-0.15, -0.1) is 0 Å². The average molecular weight is 256 g/mol. The van der Waals surface area contributed by atoms with Crippen LogP contribution in [-0.2, 0) is 13.0 Å². The summed E-state index contributed by atoms with van der Waals surface area (Å²) in [5, 5.41) is 10.3. The van der Waals surface area contributed by atoms with E-state index in [1.54, 1.807) is 10.9 Å². The van der Waals surface area contributed by atoms with Gasteiger partial charge >= 0.3 is 0 Å². The third-order valence-electron chi connectivity index (χ3n) is 3.27. The summed E-state index contributed by atoms with van der Waals surface area (Å²) in [5.74, 6) is -0.0383. The molecule has 1 aromatic carbocycles. The molecule has 0 atom stereocenters. The Bertz CT molecular complexity index is 577. The number of nitrogens with zero attached hydrogens (tertiary/aromatic N) is 2. The molecule has 1 amide bonds. The second-order valence-corrected chi connectivity index (χ2v) is 4.57. The predicted molar refractivity (Wildman–Crippen MR) is 73.2 cm³/mol. The molecule has 1 aliphatic heterocycles. The molecule has 5 heteroatoms. The maximum atomic E-state index is 12.0. The lowest BCUT2D eigenvalue weighted by Crippen LogP contribution is -2.27. The summed E-state index contributed by atoms with van der Waals surface area (Å²) >= 11 is 0. The minimum absolute atomic E-state index is 0.0383. The molecule has 19 heavy (non-hydrogen) atoms. The summed E-state index contributed by atoms with van der Waals surface area (Å²) in [6, 6.07) is 7.70. The summed E-state index contributed by atoms with van der Waals surface area (Å²) < 4.78 is 1.80. The molecule has 5 nitrogen and oxygen atoms in total. The predicted octanol–water partition coefficient (Wildman–Crippen LogP) is 1.28. The van der Waals surface area contributed by atoms with Crippen molar-refractivity contribution < 1.29 is 4.79 Å². The molecule has 0 radical (unpaired) electrons. The van der Waals surface area contributed by atoms with Gasteiger partial charge in [0.2, 0.25) is 0 Å². The molecular weight excluding hydrogens is 240 g/mol. The lowest BCUT2D eigenvalue weighted by atomic mass is 10.1. The Hall–Kier alpha value is -2.30. The van der Waals surface area contributed by atoms with E-state index in [0.29, 0.717) is 18.7 Å². The molecule has 3 rings (SSSR count). The molecule has 2 heterocycles. The summed E-state index contributed by atoms with van der Waals surface area (Å²) in [4.78, 5) is 12.0. The molecule has 2 N–H and O–H groups in total. The smallest absolute Gasteiger partial charge is 0.251 e. The highest BCUT2D eigenvalue weighted by atomic mass is 16.1. The van der Waals surface area contributed by atoms with E-state index in [4.69, 9.17) is 0 Å². The minimum Gasteiger partial charge on any atom is -0.384 e. The Balaban J connectivity index is 1.58. The summed E-state index contributed by atoms with van der Waals surface area (Å²) in [7, 11) is 0. The fourth-order valence-electron chi connectivity index (χ4n) is 2.25. The second-order valence-electron chi connectivity index (χ2n) is 4.57. The van der Waals surface area contributed by atoms with E-state index in [1.165, 1.54) is 5.56 Å². The number of hydrogen-bond donors (Lipinski definition) is 2. The van der Waals surface area contributed by atoms with E-state index in [1.807, 2.05) is 30.5 Å². The highest BCUT2D eigenvalue weighted by molar-refractivity contribution is 5.95. The monoisotopic (exact) mass is 256 g/mol. The first kappa shape index (κ1) is 11.8. The van der Waals surface area contributed by atoms with Gasteiger partial charge in [-0.1, -0.05) is 6.07 Å². The van der Waals surface area contributed by atoms with Gasteiger partial charge in [-0.2, -0.15) is 5.10 Å². The number of carbonyl (C=O) groups excluding carboxylic acids is 1. The van der Waals surface area contributed by atoms with Crippen molar-refractivity contribution in [1.29, 1.82) is 0 Å². The van der Waals surface area contributed by atoms with Gasteiger partial charge in [0.05, 0.1) is 6.54 Å². The number of aromatic nitrogens is 2. The lowest BCUT2D eigenvalue weighted by molar-refractivity contribution is 0.0952. The van der Waals surface area contributed by atoms with Gasteiger partial charge in [0, 0.05) is 36.7 Å². The largest absolute Gasteiger partial charge is 0.384 e. The van der Waals surface area contributed by atoms with Crippen LogP contribution in [0.5, 0.6) is 0 Å². The topological polar surface area (TPSA) is 59.0 Å². The van der Waals surface area contributed by atoms with Crippen LogP contribution >= 0.6 is 0 Å². The number of anilines is 1. The normalized spacial score (nSPS) is 12.8. The van der Waals surface area contributed by atoms with Crippen LogP contribution in [0, 0.1) is 0 Å². The minimum atomic E-state index is -0.0383. The number of rotatable bonds is 4. The second kappa shape index (κ2) is 5.14. The van der Waals surface area contributed by atoms with Crippen LogP contribution in [0.3, 0.4) is 0 Å². The first-order chi connectivity index (χ1) is 9.33. The lowest BCUT2D eigenvalue weighted by Gasteiger charge is -2.07. The van der Waals surface area contributed by atoms with E-state index in [-0.39, 0.29) is 5.91 Å². The average Bonchev–Trinajstić information content (AvgIpc) is 3.08. The molecule has 0 spiro atoms. The summed E-state index contributed by atoms with van der Waals surface area (Å²) in [6.07, 6.45) is 4.65. The molecule has 0 fully saturated rings. The number of nitrogens with one attached hydrogen (secondary N) is 2. The zero-order chi connectivity index (χ0) is 13.1. The van der Waals surface area contributed by atoms with Gasteiger partial charge in [0.25, 0.3) is 5.91 Å². The SMILES string of the molecule is O=C(NCCn1cccn1)c1ccc2c(c1)NCC2. The van der Waals surface area contributed by atoms with E-state index >= 15 is 0 Å². The molecule has 1 aliphatic rings. The van der Waals surface area contributed by atoms with Gasteiger partial charge in [-0.25, -0.2) is 0 Å².